The zero-order valence-corrected chi connectivity index (χ0v) is 8.65. The summed E-state index contributed by atoms with van der Waals surface area (Å²) in [6.07, 6.45) is 3.63. The zero-order valence-electron chi connectivity index (χ0n) is 8.65. The molecular formula is C11H12FNO3. The van der Waals surface area contributed by atoms with Gasteiger partial charge in [0, 0.05) is 17.8 Å². The summed E-state index contributed by atoms with van der Waals surface area (Å²) in [7, 11) is 0. The summed E-state index contributed by atoms with van der Waals surface area (Å²) >= 11 is 0. The average Bonchev–Trinajstić information content (AvgIpc) is 3.09. The Hall–Kier alpha value is -1.65. The van der Waals surface area contributed by atoms with Gasteiger partial charge in [0.2, 0.25) is 0 Å². The molecule has 4 nitrogen and oxygen atoms in total. The fraction of sp³-hybridized carbons (Fsp3) is 0.455. The van der Waals surface area contributed by atoms with Gasteiger partial charge in [-0.1, -0.05) is 0 Å². The van der Waals surface area contributed by atoms with E-state index in [1.54, 1.807) is 0 Å². The molecule has 1 aromatic heterocycles. The Morgan fingerprint density at radius 3 is 2.94 bits per heavy atom. The smallest absolute Gasteiger partial charge is 0.354 e. The second-order valence-electron chi connectivity index (χ2n) is 3.72. The van der Waals surface area contributed by atoms with Crippen molar-refractivity contribution in [1.82, 2.24) is 4.98 Å². The molecule has 1 aliphatic carbocycles. The number of hydrogen-bond acceptors (Lipinski definition) is 3. The molecule has 1 heterocycles. The van der Waals surface area contributed by atoms with Gasteiger partial charge in [-0.25, -0.2) is 14.2 Å². The third-order valence-electron chi connectivity index (χ3n) is 2.47. The van der Waals surface area contributed by atoms with Crippen molar-refractivity contribution in [3.05, 3.63) is 23.5 Å². The number of ether oxygens (including phenoxy) is 1. The maximum absolute atomic E-state index is 12.0. The fourth-order valence-electron chi connectivity index (χ4n) is 1.54. The molecule has 1 saturated carbocycles. The van der Waals surface area contributed by atoms with Gasteiger partial charge < -0.3 is 9.84 Å². The minimum Gasteiger partial charge on any atom is -0.490 e. The zero-order chi connectivity index (χ0) is 11.5. The molecule has 0 bridgehead atoms. The molecule has 1 aliphatic rings. The molecule has 1 N–H and O–H groups in total. The molecule has 0 amide bonds. The Morgan fingerprint density at radius 2 is 2.38 bits per heavy atom. The highest BCUT2D eigenvalue weighted by Crippen LogP contribution is 2.44. The highest BCUT2D eigenvalue weighted by atomic mass is 19.1. The molecule has 0 aromatic carbocycles. The van der Waals surface area contributed by atoms with E-state index in [0.29, 0.717) is 11.7 Å². The summed E-state index contributed by atoms with van der Waals surface area (Å²) in [6, 6.07) is 1.37. The lowest BCUT2D eigenvalue weighted by molar-refractivity contribution is 0.0690. The molecule has 5 heteroatoms. The summed E-state index contributed by atoms with van der Waals surface area (Å²) in [4.78, 5) is 14.6. The van der Waals surface area contributed by atoms with E-state index in [1.807, 2.05) is 0 Å². The number of carboxylic acids is 1. The van der Waals surface area contributed by atoms with E-state index >= 15 is 0 Å². The number of nitrogens with zero attached hydrogens (tertiary/aromatic N) is 1. The van der Waals surface area contributed by atoms with Gasteiger partial charge in [-0.3, -0.25) is 0 Å². The summed E-state index contributed by atoms with van der Waals surface area (Å²) in [5.41, 5.74) is 0.816. The summed E-state index contributed by atoms with van der Waals surface area (Å²) in [6.45, 7) is -0.641. The maximum Gasteiger partial charge on any atom is 0.354 e. The molecule has 0 saturated heterocycles. The van der Waals surface area contributed by atoms with Crippen LogP contribution in [-0.4, -0.2) is 29.3 Å². The monoisotopic (exact) mass is 225 g/mol. The summed E-state index contributed by atoms with van der Waals surface area (Å²) in [5.74, 6) is -0.259. The predicted octanol–water partition coefficient (Wildman–Crippen LogP) is 2.01. The van der Waals surface area contributed by atoms with Crippen LogP contribution in [0, 0.1) is 0 Å². The summed E-state index contributed by atoms with van der Waals surface area (Å²) < 4.78 is 17.2. The van der Waals surface area contributed by atoms with Crippen molar-refractivity contribution in [2.24, 2.45) is 0 Å². The molecule has 0 aliphatic heterocycles. The first-order valence-electron chi connectivity index (χ1n) is 5.14. The first kappa shape index (κ1) is 10.9. The Morgan fingerprint density at radius 1 is 1.62 bits per heavy atom. The highest BCUT2D eigenvalue weighted by molar-refractivity contribution is 5.85. The van der Waals surface area contributed by atoms with Crippen LogP contribution in [-0.2, 0) is 0 Å². The topological polar surface area (TPSA) is 59.4 Å². The van der Waals surface area contributed by atoms with Gasteiger partial charge in [0.15, 0.2) is 5.69 Å². The molecule has 0 spiro atoms. The van der Waals surface area contributed by atoms with Crippen molar-refractivity contribution in [2.45, 2.75) is 18.8 Å². The molecule has 2 rings (SSSR count). The Balaban J connectivity index is 2.26. The van der Waals surface area contributed by atoms with Gasteiger partial charge in [-0.15, -0.1) is 0 Å². The van der Waals surface area contributed by atoms with Crippen LogP contribution in [0.15, 0.2) is 12.3 Å². The average molecular weight is 225 g/mol. The van der Waals surface area contributed by atoms with Crippen LogP contribution in [0.4, 0.5) is 4.39 Å². The van der Waals surface area contributed by atoms with E-state index in [1.165, 1.54) is 12.3 Å². The Bertz CT molecular complexity index is 404. The van der Waals surface area contributed by atoms with Gasteiger partial charge in [-0.05, 0) is 18.8 Å². The van der Waals surface area contributed by atoms with Gasteiger partial charge >= 0.3 is 5.97 Å². The normalized spacial score (nSPS) is 14.8. The number of alkyl halides is 1. The van der Waals surface area contributed by atoms with Crippen LogP contribution in [0.25, 0.3) is 0 Å². The third-order valence-corrected chi connectivity index (χ3v) is 2.47. The number of pyridine rings is 1. The number of halogens is 1. The van der Waals surface area contributed by atoms with E-state index in [4.69, 9.17) is 9.84 Å². The minimum atomic E-state index is -1.10. The van der Waals surface area contributed by atoms with Gasteiger partial charge in [0.25, 0.3) is 0 Å². The standard InChI is InChI=1S/C11H12FNO3/c12-3-4-16-10-5-9(11(14)15)13-6-8(10)7-1-2-7/h5-7H,1-4H2,(H,14,15). The van der Waals surface area contributed by atoms with Crippen LogP contribution in [0.1, 0.15) is 34.8 Å². The van der Waals surface area contributed by atoms with Crippen LogP contribution >= 0.6 is 0 Å². The van der Waals surface area contributed by atoms with Crippen molar-refractivity contribution in [2.75, 3.05) is 13.3 Å². The second kappa shape index (κ2) is 4.47. The number of aromatic carboxylic acids is 1. The van der Waals surface area contributed by atoms with Crippen LogP contribution < -0.4 is 4.74 Å². The quantitative estimate of drug-likeness (QED) is 0.832. The minimum absolute atomic E-state index is 0.0528. The molecule has 0 unspecified atom stereocenters. The largest absolute Gasteiger partial charge is 0.490 e. The highest BCUT2D eigenvalue weighted by Gasteiger charge is 2.28. The van der Waals surface area contributed by atoms with Crippen molar-refractivity contribution in [1.29, 1.82) is 0 Å². The lowest BCUT2D eigenvalue weighted by Gasteiger charge is -2.09. The number of carbonyl (C=O) groups is 1. The van der Waals surface area contributed by atoms with Crippen LogP contribution in [0.3, 0.4) is 0 Å². The molecule has 1 aromatic rings. The van der Waals surface area contributed by atoms with E-state index in [9.17, 15) is 9.18 Å². The van der Waals surface area contributed by atoms with Crippen molar-refractivity contribution in [3.8, 4) is 5.75 Å². The van der Waals surface area contributed by atoms with Crippen LogP contribution in [0.2, 0.25) is 0 Å². The van der Waals surface area contributed by atoms with Crippen molar-refractivity contribution < 1.29 is 19.0 Å². The number of carboxylic acid groups (broad SMARTS) is 1. The van der Waals surface area contributed by atoms with Gasteiger partial charge in [0.1, 0.15) is 19.0 Å². The van der Waals surface area contributed by atoms with E-state index in [2.05, 4.69) is 4.98 Å². The first-order valence-corrected chi connectivity index (χ1v) is 5.14. The Kier molecular flexibility index (Phi) is 3.03. The second-order valence-corrected chi connectivity index (χ2v) is 3.72. The number of aromatic nitrogens is 1. The number of hydrogen-bond donors (Lipinski definition) is 1. The SMILES string of the molecule is O=C(O)c1cc(OCCF)c(C2CC2)cn1. The van der Waals surface area contributed by atoms with Crippen molar-refractivity contribution >= 4 is 5.97 Å². The maximum atomic E-state index is 12.0. The number of rotatable bonds is 5. The van der Waals surface area contributed by atoms with Crippen LogP contribution in [0.5, 0.6) is 5.75 Å². The predicted molar refractivity (Wildman–Crippen MR) is 54.6 cm³/mol. The molecule has 0 radical (unpaired) electrons. The van der Waals surface area contributed by atoms with Gasteiger partial charge in [-0.2, -0.15) is 0 Å². The first-order chi connectivity index (χ1) is 7.72. The Labute approximate surface area is 92.1 Å². The van der Waals surface area contributed by atoms with E-state index in [0.717, 1.165) is 18.4 Å². The fourth-order valence-corrected chi connectivity index (χ4v) is 1.54. The molecule has 86 valence electrons. The molecule has 0 atom stereocenters. The van der Waals surface area contributed by atoms with Crippen molar-refractivity contribution in [3.63, 3.8) is 0 Å². The van der Waals surface area contributed by atoms with Gasteiger partial charge in [0.05, 0.1) is 0 Å². The van der Waals surface area contributed by atoms with E-state index in [-0.39, 0.29) is 12.3 Å². The lowest BCUT2D eigenvalue weighted by Crippen LogP contribution is -2.06. The molecular weight excluding hydrogens is 213 g/mol. The lowest BCUT2D eigenvalue weighted by atomic mass is 10.1. The summed E-state index contributed by atoms with van der Waals surface area (Å²) in [5, 5.41) is 8.79. The molecule has 16 heavy (non-hydrogen) atoms. The van der Waals surface area contributed by atoms with E-state index < -0.39 is 12.6 Å². The third kappa shape index (κ3) is 2.29. The molecule has 1 fully saturated rings.